The number of rotatable bonds is 2. The van der Waals surface area contributed by atoms with Crippen molar-refractivity contribution in [2.24, 2.45) is 0 Å². The fourth-order valence-electron chi connectivity index (χ4n) is 1.02. The van der Waals surface area contributed by atoms with E-state index in [9.17, 15) is 22.0 Å². The Morgan fingerprint density at radius 1 is 1.38 bits per heavy atom. The first kappa shape index (κ1) is 13.6. The van der Waals surface area contributed by atoms with E-state index in [1.54, 1.807) is 0 Å². The lowest BCUT2D eigenvalue weighted by atomic mass is 10.2. The summed E-state index contributed by atoms with van der Waals surface area (Å²) in [4.78, 5) is 2.89. The molecule has 0 N–H and O–H groups in total. The number of pyridine rings is 1. The first-order valence-electron chi connectivity index (χ1n) is 3.88. The molecule has 0 radical (unpaired) electrons. The Morgan fingerprint density at radius 3 is 2.31 bits per heavy atom. The summed E-state index contributed by atoms with van der Waals surface area (Å²) >= 11 is 8.34. The van der Waals surface area contributed by atoms with E-state index < -0.39 is 24.0 Å². The van der Waals surface area contributed by atoms with E-state index in [1.807, 2.05) is 0 Å². The van der Waals surface area contributed by atoms with Crippen LogP contribution in [0.5, 0.6) is 0 Å². The molecular formula is C8H4BrClF5N. The highest BCUT2D eigenvalue weighted by atomic mass is 79.9. The van der Waals surface area contributed by atoms with Gasteiger partial charge in [-0.3, -0.25) is 0 Å². The minimum atomic E-state index is -4.79. The first-order chi connectivity index (χ1) is 7.27. The first-order valence-corrected chi connectivity index (χ1v) is 5.38. The average Bonchev–Trinajstić information content (AvgIpc) is 2.14. The van der Waals surface area contributed by atoms with Crippen molar-refractivity contribution >= 4 is 27.5 Å². The van der Waals surface area contributed by atoms with Gasteiger partial charge in [-0.1, -0.05) is 27.5 Å². The Hall–Kier alpha value is -0.430. The molecule has 0 fully saturated rings. The van der Waals surface area contributed by atoms with Gasteiger partial charge in [0.05, 0.1) is 0 Å². The molecule has 0 aliphatic heterocycles. The van der Waals surface area contributed by atoms with E-state index >= 15 is 0 Å². The van der Waals surface area contributed by atoms with Gasteiger partial charge in [0, 0.05) is 15.9 Å². The lowest BCUT2D eigenvalue weighted by Gasteiger charge is -2.12. The maximum Gasteiger partial charge on any atom is 0.433 e. The van der Waals surface area contributed by atoms with E-state index in [2.05, 4.69) is 20.9 Å². The summed E-state index contributed by atoms with van der Waals surface area (Å²) in [7, 11) is 0. The Labute approximate surface area is 101 Å². The van der Waals surface area contributed by atoms with Crippen LogP contribution in [0.1, 0.15) is 23.4 Å². The predicted molar refractivity (Wildman–Crippen MR) is 51.8 cm³/mol. The van der Waals surface area contributed by atoms with Crippen molar-refractivity contribution < 1.29 is 22.0 Å². The standard InChI is InChI=1S/C8H4BrClF5N/c9-2-3-4(10)1-5(8(13,14)15)16-6(3)7(11)12/h1,7H,2H2. The summed E-state index contributed by atoms with van der Waals surface area (Å²) in [5.41, 5.74) is -2.50. The van der Waals surface area contributed by atoms with Crippen LogP contribution in [0.25, 0.3) is 0 Å². The molecule has 0 atom stereocenters. The monoisotopic (exact) mass is 323 g/mol. The number of hydrogen-bond acceptors (Lipinski definition) is 1. The summed E-state index contributed by atoms with van der Waals surface area (Å²) in [5, 5.41) is -0.467. The molecule has 8 heteroatoms. The zero-order valence-corrected chi connectivity index (χ0v) is 9.80. The van der Waals surface area contributed by atoms with Gasteiger partial charge in [-0.05, 0) is 6.07 Å². The molecule has 16 heavy (non-hydrogen) atoms. The maximum atomic E-state index is 12.5. The highest BCUT2D eigenvalue weighted by Crippen LogP contribution is 2.35. The van der Waals surface area contributed by atoms with Crippen molar-refractivity contribution in [1.82, 2.24) is 4.98 Å². The van der Waals surface area contributed by atoms with E-state index in [0.717, 1.165) is 0 Å². The van der Waals surface area contributed by atoms with Gasteiger partial charge < -0.3 is 0 Å². The smallest absolute Gasteiger partial charge is 0.242 e. The third kappa shape index (κ3) is 2.82. The van der Waals surface area contributed by atoms with E-state index in [0.29, 0.717) is 6.07 Å². The normalized spacial score (nSPS) is 12.2. The quantitative estimate of drug-likeness (QED) is 0.573. The van der Waals surface area contributed by atoms with Gasteiger partial charge in [0.2, 0.25) is 0 Å². The van der Waals surface area contributed by atoms with Crippen LogP contribution in [0.4, 0.5) is 22.0 Å². The zero-order chi connectivity index (χ0) is 12.5. The van der Waals surface area contributed by atoms with Crippen LogP contribution in [-0.2, 0) is 11.5 Å². The molecule has 0 amide bonds. The molecule has 0 bridgehead atoms. The van der Waals surface area contributed by atoms with Crippen LogP contribution in [0.15, 0.2) is 6.07 Å². The summed E-state index contributed by atoms with van der Waals surface area (Å²) in [6, 6.07) is 0.532. The van der Waals surface area contributed by atoms with Crippen LogP contribution in [0, 0.1) is 0 Å². The molecule has 1 heterocycles. The molecule has 0 spiro atoms. The molecule has 0 saturated carbocycles. The summed E-state index contributed by atoms with van der Waals surface area (Å²) < 4.78 is 61.7. The summed E-state index contributed by atoms with van der Waals surface area (Å²) in [6.07, 6.45) is -7.90. The average molecular weight is 324 g/mol. The molecule has 0 aromatic carbocycles. The van der Waals surface area contributed by atoms with Crippen LogP contribution in [-0.4, -0.2) is 4.98 Å². The number of hydrogen-bond donors (Lipinski definition) is 0. The zero-order valence-electron chi connectivity index (χ0n) is 7.45. The lowest BCUT2D eigenvalue weighted by Crippen LogP contribution is -2.11. The molecule has 1 aromatic rings. The Kier molecular flexibility index (Phi) is 4.12. The SMILES string of the molecule is FC(F)c1nc(C(F)(F)F)cc(Cl)c1CBr. The topological polar surface area (TPSA) is 12.9 Å². The van der Waals surface area contributed by atoms with Crippen molar-refractivity contribution in [1.29, 1.82) is 0 Å². The summed E-state index contributed by atoms with van der Waals surface area (Å²) in [5.74, 6) is 0. The molecule has 0 saturated heterocycles. The second-order valence-electron chi connectivity index (χ2n) is 2.79. The van der Waals surface area contributed by atoms with Crippen molar-refractivity contribution in [3.8, 4) is 0 Å². The fourth-order valence-corrected chi connectivity index (χ4v) is 2.03. The Bertz CT molecular complexity index is 393. The fraction of sp³-hybridized carbons (Fsp3) is 0.375. The highest BCUT2D eigenvalue weighted by molar-refractivity contribution is 9.08. The van der Waals surface area contributed by atoms with Gasteiger partial charge in [0.1, 0.15) is 11.4 Å². The highest BCUT2D eigenvalue weighted by Gasteiger charge is 2.35. The molecule has 0 aliphatic rings. The van der Waals surface area contributed by atoms with E-state index in [-0.39, 0.29) is 15.9 Å². The van der Waals surface area contributed by atoms with Crippen molar-refractivity contribution in [3.05, 3.63) is 28.0 Å². The van der Waals surface area contributed by atoms with Crippen molar-refractivity contribution in [3.63, 3.8) is 0 Å². The second-order valence-corrected chi connectivity index (χ2v) is 3.75. The van der Waals surface area contributed by atoms with Crippen molar-refractivity contribution in [2.45, 2.75) is 17.9 Å². The minimum Gasteiger partial charge on any atom is -0.242 e. The second kappa shape index (κ2) is 4.83. The molecular weight excluding hydrogens is 320 g/mol. The third-order valence-electron chi connectivity index (χ3n) is 1.73. The van der Waals surface area contributed by atoms with Crippen LogP contribution >= 0.6 is 27.5 Å². The van der Waals surface area contributed by atoms with Gasteiger partial charge in [-0.2, -0.15) is 13.2 Å². The summed E-state index contributed by atoms with van der Waals surface area (Å²) in [6.45, 7) is 0. The lowest BCUT2D eigenvalue weighted by molar-refractivity contribution is -0.141. The Balaban J connectivity index is 3.40. The van der Waals surface area contributed by atoms with Gasteiger partial charge >= 0.3 is 6.18 Å². The number of alkyl halides is 6. The largest absolute Gasteiger partial charge is 0.433 e. The van der Waals surface area contributed by atoms with Crippen LogP contribution < -0.4 is 0 Å². The predicted octanol–water partition coefficient (Wildman–Crippen LogP) is 4.59. The number of aromatic nitrogens is 1. The number of halogens is 7. The van der Waals surface area contributed by atoms with Gasteiger partial charge in [-0.25, -0.2) is 13.8 Å². The Morgan fingerprint density at radius 2 is 1.94 bits per heavy atom. The van der Waals surface area contributed by atoms with Gasteiger partial charge in [0.25, 0.3) is 6.43 Å². The van der Waals surface area contributed by atoms with Crippen molar-refractivity contribution in [2.75, 3.05) is 0 Å². The molecule has 1 aromatic heterocycles. The minimum absolute atomic E-state index is 0.0867. The van der Waals surface area contributed by atoms with Crippen LogP contribution in [0.3, 0.4) is 0 Å². The number of nitrogens with zero attached hydrogens (tertiary/aromatic N) is 1. The molecule has 90 valence electrons. The third-order valence-corrected chi connectivity index (χ3v) is 2.63. The van der Waals surface area contributed by atoms with Crippen LogP contribution in [0.2, 0.25) is 5.02 Å². The maximum absolute atomic E-state index is 12.5. The van der Waals surface area contributed by atoms with Gasteiger partial charge in [-0.15, -0.1) is 0 Å². The molecule has 0 aliphatic carbocycles. The molecule has 1 rings (SSSR count). The van der Waals surface area contributed by atoms with E-state index in [1.165, 1.54) is 0 Å². The molecule has 1 nitrogen and oxygen atoms in total. The van der Waals surface area contributed by atoms with Gasteiger partial charge in [0.15, 0.2) is 0 Å². The van der Waals surface area contributed by atoms with E-state index in [4.69, 9.17) is 11.6 Å². The molecule has 0 unspecified atom stereocenters.